The summed E-state index contributed by atoms with van der Waals surface area (Å²) in [6.07, 6.45) is 1.38. The average Bonchev–Trinajstić information content (AvgIpc) is 3.22. The third-order valence-electron chi connectivity index (χ3n) is 5.34. The first-order valence-corrected chi connectivity index (χ1v) is 11.2. The summed E-state index contributed by atoms with van der Waals surface area (Å²) in [7, 11) is 0. The summed E-state index contributed by atoms with van der Waals surface area (Å²) < 4.78 is 0. The fourth-order valence-corrected chi connectivity index (χ4v) is 4.48. The molecule has 0 saturated carbocycles. The average molecular weight is 423 g/mol. The largest absolute Gasteiger partial charge is 0.354 e. The molecule has 4 rings (SSSR count). The van der Waals surface area contributed by atoms with E-state index < -0.39 is 0 Å². The first-order valence-electron chi connectivity index (χ1n) is 10.3. The van der Waals surface area contributed by atoms with Crippen LogP contribution in [0.5, 0.6) is 0 Å². The third-order valence-corrected chi connectivity index (χ3v) is 6.10. The van der Waals surface area contributed by atoms with Crippen LogP contribution < -0.4 is 10.6 Å². The lowest BCUT2D eigenvalue weighted by molar-refractivity contribution is -0.126. The summed E-state index contributed by atoms with van der Waals surface area (Å²) in [5, 5.41) is 11.1. The number of carbonyl (C=O) groups excluding carboxylic acids is 2. The van der Waals surface area contributed by atoms with Gasteiger partial charge in [0.1, 0.15) is 5.69 Å². The molecule has 1 fully saturated rings. The minimum absolute atomic E-state index is 0.0181. The predicted octanol–water partition coefficient (Wildman–Crippen LogP) is 4.42. The zero-order valence-corrected chi connectivity index (χ0v) is 18.0. The molecule has 3 aromatic rings. The number of amides is 2. The number of hydrogen-bond donors (Lipinski definition) is 2. The van der Waals surface area contributed by atoms with Crippen molar-refractivity contribution in [2.45, 2.75) is 32.7 Å². The second-order valence-corrected chi connectivity index (χ2v) is 8.78. The van der Waals surface area contributed by atoms with E-state index in [0.29, 0.717) is 36.8 Å². The molecule has 156 valence electrons. The number of nitrogens with one attached hydrogen (secondary N) is 2. The number of carbonyl (C=O) groups is 2. The molecule has 7 heteroatoms. The van der Waals surface area contributed by atoms with E-state index in [4.69, 9.17) is 0 Å². The zero-order chi connectivity index (χ0) is 21.1. The highest BCUT2D eigenvalue weighted by molar-refractivity contribution is 7.14. The van der Waals surface area contributed by atoms with Crippen molar-refractivity contribution >= 4 is 44.7 Å². The highest BCUT2D eigenvalue weighted by Crippen LogP contribution is 2.28. The fourth-order valence-electron chi connectivity index (χ4n) is 3.79. The summed E-state index contributed by atoms with van der Waals surface area (Å²) in [5.41, 5.74) is 1.42. The van der Waals surface area contributed by atoms with E-state index in [2.05, 4.69) is 33.8 Å². The summed E-state index contributed by atoms with van der Waals surface area (Å²) >= 11 is 1.42. The van der Waals surface area contributed by atoms with Gasteiger partial charge < -0.3 is 15.5 Å². The van der Waals surface area contributed by atoms with Crippen molar-refractivity contribution in [1.82, 2.24) is 15.2 Å². The minimum Gasteiger partial charge on any atom is -0.354 e. The maximum Gasteiger partial charge on any atom is 0.273 e. The van der Waals surface area contributed by atoms with Crippen molar-refractivity contribution in [3.05, 3.63) is 53.5 Å². The molecular formula is C23H26N4O2S. The quantitative estimate of drug-likeness (QED) is 0.638. The molecule has 2 aromatic carbocycles. The molecule has 0 unspecified atom stereocenters. The summed E-state index contributed by atoms with van der Waals surface area (Å²) in [4.78, 5) is 31.4. The Labute approximate surface area is 180 Å². The van der Waals surface area contributed by atoms with Crippen LogP contribution in [0.3, 0.4) is 0 Å². The van der Waals surface area contributed by atoms with Crippen molar-refractivity contribution in [3.63, 3.8) is 0 Å². The normalized spacial score (nSPS) is 14.8. The van der Waals surface area contributed by atoms with Crippen molar-refractivity contribution in [2.75, 3.05) is 18.4 Å². The van der Waals surface area contributed by atoms with Gasteiger partial charge in [-0.15, -0.1) is 11.3 Å². The van der Waals surface area contributed by atoms with Gasteiger partial charge in [-0.3, -0.25) is 9.59 Å². The summed E-state index contributed by atoms with van der Waals surface area (Å²) in [6.45, 7) is 5.09. The number of likely N-dealkylation sites (tertiary alicyclic amines) is 1. The molecule has 1 saturated heterocycles. The van der Waals surface area contributed by atoms with E-state index in [1.54, 1.807) is 10.3 Å². The molecule has 2 N–H and O–H groups in total. The fraction of sp³-hybridized carbons (Fsp3) is 0.348. The van der Waals surface area contributed by atoms with Crippen LogP contribution in [0.2, 0.25) is 0 Å². The van der Waals surface area contributed by atoms with E-state index in [1.165, 1.54) is 11.3 Å². The third kappa shape index (κ3) is 4.46. The van der Waals surface area contributed by atoms with Crippen molar-refractivity contribution in [1.29, 1.82) is 0 Å². The van der Waals surface area contributed by atoms with E-state index in [-0.39, 0.29) is 23.8 Å². The monoisotopic (exact) mass is 422 g/mol. The first kappa shape index (κ1) is 20.3. The number of nitrogens with zero attached hydrogens (tertiary/aromatic N) is 2. The second kappa shape index (κ2) is 8.83. The van der Waals surface area contributed by atoms with Crippen LogP contribution in [0.4, 0.5) is 10.8 Å². The van der Waals surface area contributed by atoms with Crippen LogP contribution in [-0.2, 0) is 4.79 Å². The van der Waals surface area contributed by atoms with Gasteiger partial charge in [-0.1, -0.05) is 36.4 Å². The van der Waals surface area contributed by atoms with Crippen molar-refractivity contribution in [2.24, 2.45) is 5.92 Å². The van der Waals surface area contributed by atoms with Crippen LogP contribution in [0.25, 0.3) is 10.8 Å². The van der Waals surface area contributed by atoms with Crippen LogP contribution in [0.15, 0.2) is 47.8 Å². The van der Waals surface area contributed by atoms with E-state index in [9.17, 15) is 9.59 Å². The van der Waals surface area contributed by atoms with Gasteiger partial charge in [-0.05, 0) is 38.1 Å². The molecule has 2 heterocycles. The molecule has 30 heavy (non-hydrogen) atoms. The number of aromatic nitrogens is 1. The number of piperidine rings is 1. The van der Waals surface area contributed by atoms with Gasteiger partial charge in [0.05, 0.1) is 0 Å². The molecule has 2 amide bonds. The molecule has 0 atom stereocenters. The molecule has 0 aliphatic carbocycles. The van der Waals surface area contributed by atoms with Gasteiger partial charge in [0.25, 0.3) is 5.91 Å². The number of anilines is 2. The highest BCUT2D eigenvalue weighted by atomic mass is 32.1. The molecule has 1 aliphatic rings. The Morgan fingerprint density at radius 2 is 1.83 bits per heavy atom. The van der Waals surface area contributed by atoms with Gasteiger partial charge in [0, 0.05) is 41.5 Å². The minimum atomic E-state index is -0.0695. The lowest BCUT2D eigenvalue weighted by Gasteiger charge is -2.31. The van der Waals surface area contributed by atoms with Gasteiger partial charge in [0.15, 0.2) is 5.13 Å². The lowest BCUT2D eigenvalue weighted by atomic mass is 9.95. The smallest absolute Gasteiger partial charge is 0.273 e. The van der Waals surface area contributed by atoms with E-state index >= 15 is 0 Å². The Balaban J connectivity index is 1.39. The van der Waals surface area contributed by atoms with Gasteiger partial charge in [-0.2, -0.15) is 0 Å². The Morgan fingerprint density at radius 1 is 1.10 bits per heavy atom. The van der Waals surface area contributed by atoms with Crippen LogP contribution >= 0.6 is 11.3 Å². The topological polar surface area (TPSA) is 74.3 Å². The van der Waals surface area contributed by atoms with Crippen molar-refractivity contribution in [3.8, 4) is 0 Å². The number of fused-ring (bicyclic) bond motifs is 1. The Hall–Kier alpha value is -2.93. The molecule has 0 bridgehead atoms. The Morgan fingerprint density at radius 3 is 2.60 bits per heavy atom. The van der Waals surface area contributed by atoms with Gasteiger partial charge in [0.2, 0.25) is 5.91 Å². The maximum absolute atomic E-state index is 12.9. The zero-order valence-electron chi connectivity index (χ0n) is 17.2. The SMILES string of the molecule is CC(C)NC(=O)C1CCN(C(=O)c2csc(Nc3cccc4ccccc34)n2)CC1. The van der Waals surface area contributed by atoms with E-state index in [1.807, 2.05) is 38.1 Å². The molecule has 6 nitrogen and oxygen atoms in total. The van der Waals surface area contributed by atoms with Crippen LogP contribution in [0.1, 0.15) is 37.2 Å². The number of benzene rings is 2. The van der Waals surface area contributed by atoms with Crippen LogP contribution in [-0.4, -0.2) is 40.8 Å². The second-order valence-electron chi connectivity index (χ2n) is 7.92. The molecule has 1 aromatic heterocycles. The maximum atomic E-state index is 12.9. The van der Waals surface area contributed by atoms with E-state index in [0.717, 1.165) is 16.5 Å². The Bertz CT molecular complexity index is 1050. The number of rotatable bonds is 5. The van der Waals surface area contributed by atoms with Crippen LogP contribution in [0, 0.1) is 5.92 Å². The lowest BCUT2D eigenvalue weighted by Crippen LogP contribution is -2.44. The molecular weight excluding hydrogens is 396 g/mol. The van der Waals surface area contributed by atoms with Gasteiger partial charge in [-0.25, -0.2) is 4.98 Å². The first-order chi connectivity index (χ1) is 14.5. The number of thiazole rings is 1. The molecule has 0 spiro atoms. The van der Waals surface area contributed by atoms with Crippen molar-refractivity contribution < 1.29 is 9.59 Å². The number of hydrogen-bond acceptors (Lipinski definition) is 5. The molecule has 0 radical (unpaired) electrons. The molecule has 1 aliphatic heterocycles. The standard InChI is InChI=1S/C23H26N4O2S/c1-15(2)24-21(28)17-10-12-27(13-11-17)22(29)20-14-30-23(26-20)25-19-9-5-7-16-6-3-4-8-18(16)19/h3-9,14-15,17H,10-13H2,1-2H3,(H,24,28)(H,25,26). The Kier molecular flexibility index (Phi) is 5.99. The summed E-state index contributed by atoms with van der Waals surface area (Å²) in [6, 6.07) is 14.4. The highest BCUT2D eigenvalue weighted by Gasteiger charge is 2.29. The summed E-state index contributed by atoms with van der Waals surface area (Å²) in [5.74, 6) is 0.00254. The predicted molar refractivity (Wildman–Crippen MR) is 121 cm³/mol. The van der Waals surface area contributed by atoms with Gasteiger partial charge >= 0.3 is 0 Å².